The fourth-order valence-electron chi connectivity index (χ4n) is 3.55. The number of urea groups is 1. The molecule has 5 heteroatoms. The van der Waals surface area contributed by atoms with Crippen LogP contribution < -0.4 is 4.90 Å². The molecule has 0 saturated carbocycles. The van der Waals surface area contributed by atoms with Gasteiger partial charge in [-0.1, -0.05) is 52.8 Å². The quantitative estimate of drug-likeness (QED) is 0.833. The second-order valence-electron chi connectivity index (χ2n) is 7.96. The number of benzene rings is 1. The molecule has 2 atom stereocenters. The minimum absolute atomic E-state index is 0.0136. The molecule has 1 aliphatic rings. The van der Waals surface area contributed by atoms with Crippen LogP contribution in [0.2, 0.25) is 0 Å². The Hall–Kier alpha value is -2.04. The van der Waals surface area contributed by atoms with Gasteiger partial charge in [0.25, 0.3) is 0 Å². The first-order chi connectivity index (χ1) is 11.1. The van der Waals surface area contributed by atoms with E-state index in [1.165, 1.54) is 0 Å². The van der Waals surface area contributed by atoms with E-state index in [-0.39, 0.29) is 29.4 Å². The Morgan fingerprint density at radius 2 is 1.71 bits per heavy atom. The summed E-state index contributed by atoms with van der Waals surface area (Å²) in [5.41, 5.74) is 0.584. The molecule has 1 aliphatic heterocycles. The van der Waals surface area contributed by atoms with E-state index < -0.39 is 6.04 Å². The predicted octanol–water partition coefficient (Wildman–Crippen LogP) is 3.41. The van der Waals surface area contributed by atoms with Gasteiger partial charge in [0.15, 0.2) is 0 Å². The first-order valence-electron chi connectivity index (χ1n) is 8.45. The molecule has 1 heterocycles. The maximum absolute atomic E-state index is 13.3. The van der Waals surface area contributed by atoms with E-state index >= 15 is 0 Å². The lowest BCUT2D eigenvalue weighted by Gasteiger charge is -2.41. The van der Waals surface area contributed by atoms with Crippen molar-refractivity contribution in [2.24, 2.45) is 11.3 Å². The molecule has 0 aliphatic carbocycles. The summed E-state index contributed by atoms with van der Waals surface area (Å²) in [6.07, 6.45) is -0.268. The van der Waals surface area contributed by atoms with Gasteiger partial charge in [-0.05, 0) is 18.1 Å². The summed E-state index contributed by atoms with van der Waals surface area (Å²) in [7, 11) is 3.56. The van der Waals surface area contributed by atoms with Crippen molar-refractivity contribution in [1.82, 2.24) is 9.80 Å². The summed E-state index contributed by atoms with van der Waals surface area (Å²) in [5.74, 6) is 0.0696. The monoisotopic (exact) mass is 331 g/mol. The van der Waals surface area contributed by atoms with Crippen molar-refractivity contribution in [1.29, 1.82) is 0 Å². The van der Waals surface area contributed by atoms with Gasteiger partial charge in [0, 0.05) is 25.2 Å². The van der Waals surface area contributed by atoms with Crippen molar-refractivity contribution >= 4 is 17.6 Å². The lowest BCUT2D eigenvalue weighted by molar-refractivity contribution is -0.130. The molecule has 0 radical (unpaired) electrons. The van der Waals surface area contributed by atoms with Gasteiger partial charge in [-0.15, -0.1) is 0 Å². The van der Waals surface area contributed by atoms with Crippen LogP contribution >= 0.6 is 0 Å². The molecular formula is C19H29N3O2. The van der Waals surface area contributed by atoms with Crippen LogP contribution in [0.4, 0.5) is 10.5 Å². The summed E-state index contributed by atoms with van der Waals surface area (Å²) in [6.45, 7) is 10.2. The highest BCUT2D eigenvalue weighted by Crippen LogP contribution is 2.37. The fraction of sp³-hybridized carbons (Fsp3) is 0.579. The van der Waals surface area contributed by atoms with Crippen molar-refractivity contribution in [3.63, 3.8) is 0 Å². The van der Waals surface area contributed by atoms with Gasteiger partial charge in [0.2, 0.25) is 5.91 Å². The molecule has 0 aromatic heterocycles. The topological polar surface area (TPSA) is 43.9 Å². The van der Waals surface area contributed by atoms with Crippen LogP contribution in [0, 0.1) is 11.3 Å². The number of hydrogen-bond donors (Lipinski definition) is 0. The van der Waals surface area contributed by atoms with Crippen molar-refractivity contribution in [3.8, 4) is 0 Å². The molecule has 0 spiro atoms. The average molecular weight is 331 g/mol. The molecule has 5 nitrogen and oxygen atoms in total. The number of hydrogen-bond acceptors (Lipinski definition) is 2. The molecule has 132 valence electrons. The van der Waals surface area contributed by atoms with Crippen LogP contribution in [0.1, 0.15) is 34.6 Å². The zero-order valence-electron chi connectivity index (χ0n) is 15.8. The lowest BCUT2D eigenvalue weighted by Crippen LogP contribution is -2.55. The molecule has 24 heavy (non-hydrogen) atoms. The van der Waals surface area contributed by atoms with Gasteiger partial charge in [-0.2, -0.15) is 0 Å². The largest absolute Gasteiger partial charge is 0.326 e. The number of likely N-dealkylation sites (N-methyl/N-ethyl adjacent to an activating group) is 1. The van der Waals surface area contributed by atoms with Crippen LogP contribution in [0.5, 0.6) is 0 Å². The first-order valence-corrected chi connectivity index (χ1v) is 8.45. The van der Waals surface area contributed by atoms with Gasteiger partial charge < -0.3 is 4.90 Å². The summed E-state index contributed by atoms with van der Waals surface area (Å²) < 4.78 is 0. The average Bonchev–Trinajstić information content (AvgIpc) is 2.78. The van der Waals surface area contributed by atoms with Gasteiger partial charge >= 0.3 is 6.03 Å². The van der Waals surface area contributed by atoms with Crippen LogP contribution in [-0.2, 0) is 4.79 Å². The number of nitrogens with zero attached hydrogens (tertiary/aromatic N) is 3. The molecular weight excluding hydrogens is 302 g/mol. The molecule has 1 fully saturated rings. The summed E-state index contributed by atoms with van der Waals surface area (Å²) in [6, 6.07) is 8.95. The second-order valence-corrected chi connectivity index (χ2v) is 7.96. The molecule has 0 bridgehead atoms. The Morgan fingerprint density at radius 3 is 2.17 bits per heavy atom. The number of rotatable bonds is 2. The van der Waals surface area contributed by atoms with Gasteiger partial charge in [0.05, 0.1) is 0 Å². The standard InChI is InChI=1S/C19H29N3O2/c1-13(2)15-16(23)21(7)17(19(3,4)5)22(15)18(24)20(6)14-11-9-8-10-12-14/h8-13,15,17H,1-7H3/t15-,17+/m0/s1. The highest BCUT2D eigenvalue weighted by molar-refractivity contribution is 5.97. The third kappa shape index (κ3) is 3.12. The Balaban J connectivity index is 2.45. The zero-order valence-corrected chi connectivity index (χ0v) is 15.8. The van der Waals surface area contributed by atoms with Gasteiger partial charge in [-0.25, -0.2) is 4.79 Å². The van der Waals surface area contributed by atoms with Crippen LogP contribution in [-0.4, -0.2) is 48.0 Å². The molecule has 1 aromatic carbocycles. The Bertz CT molecular complexity index is 607. The highest BCUT2D eigenvalue weighted by atomic mass is 16.2. The summed E-state index contributed by atoms with van der Waals surface area (Å²) >= 11 is 0. The molecule has 0 unspecified atom stereocenters. The van der Waals surface area contributed by atoms with E-state index in [0.717, 1.165) is 5.69 Å². The predicted molar refractivity (Wildman–Crippen MR) is 96.7 cm³/mol. The van der Waals surface area contributed by atoms with Crippen LogP contribution in [0.3, 0.4) is 0 Å². The number of amides is 3. The summed E-state index contributed by atoms with van der Waals surface area (Å²) in [4.78, 5) is 31.2. The third-order valence-electron chi connectivity index (χ3n) is 4.59. The van der Waals surface area contributed by atoms with E-state index in [4.69, 9.17) is 0 Å². The lowest BCUT2D eigenvalue weighted by atomic mass is 9.91. The molecule has 1 aromatic rings. The van der Waals surface area contributed by atoms with Crippen molar-refractivity contribution in [2.45, 2.75) is 46.8 Å². The van der Waals surface area contributed by atoms with E-state index in [1.54, 1.807) is 28.8 Å². The maximum atomic E-state index is 13.3. The third-order valence-corrected chi connectivity index (χ3v) is 4.59. The first kappa shape index (κ1) is 18.3. The number of anilines is 1. The highest BCUT2D eigenvalue weighted by Gasteiger charge is 2.52. The Kier molecular flexibility index (Phi) is 4.92. The minimum Gasteiger partial charge on any atom is -0.323 e. The fourth-order valence-corrected chi connectivity index (χ4v) is 3.55. The van der Waals surface area contributed by atoms with E-state index in [1.807, 2.05) is 44.2 Å². The second kappa shape index (κ2) is 6.46. The van der Waals surface area contributed by atoms with E-state index in [9.17, 15) is 9.59 Å². The van der Waals surface area contributed by atoms with Gasteiger partial charge in [-0.3, -0.25) is 14.6 Å². The smallest absolute Gasteiger partial charge is 0.323 e. The number of carbonyl (C=O) groups excluding carboxylic acids is 2. The Labute approximate surface area is 145 Å². The molecule has 1 saturated heterocycles. The molecule has 3 amide bonds. The van der Waals surface area contributed by atoms with Crippen molar-refractivity contribution in [2.75, 3.05) is 19.0 Å². The SMILES string of the molecule is CC(C)[C@H]1C(=O)N(C)[C@@H](C(C)(C)C)N1C(=O)N(C)c1ccccc1. The van der Waals surface area contributed by atoms with E-state index in [0.29, 0.717) is 0 Å². The number of carbonyl (C=O) groups is 2. The Morgan fingerprint density at radius 1 is 1.17 bits per heavy atom. The van der Waals surface area contributed by atoms with Crippen LogP contribution in [0.25, 0.3) is 0 Å². The van der Waals surface area contributed by atoms with Gasteiger partial charge in [0.1, 0.15) is 12.2 Å². The van der Waals surface area contributed by atoms with Crippen molar-refractivity contribution < 1.29 is 9.59 Å². The number of para-hydroxylation sites is 1. The molecule has 2 rings (SSSR count). The summed E-state index contributed by atoms with van der Waals surface area (Å²) in [5, 5.41) is 0. The zero-order chi connectivity index (χ0) is 18.2. The maximum Gasteiger partial charge on any atom is 0.326 e. The normalized spacial score (nSPS) is 21.6. The molecule has 0 N–H and O–H groups in total. The van der Waals surface area contributed by atoms with E-state index in [2.05, 4.69) is 20.8 Å². The van der Waals surface area contributed by atoms with Crippen molar-refractivity contribution in [3.05, 3.63) is 30.3 Å². The van der Waals surface area contributed by atoms with Crippen LogP contribution in [0.15, 0.2) is 30.3 Å². The minimum atomic E-state index is -0.433.